The third kappa shape index (κ3) is 3.12. The molecule has 0 spiro atoms. The summed E-state index contributed by atoms with van der Waals surface area (Å²) in [5.41, 5.74) is 1.17. The van der Waals surface area contributed by atoms with Crippen molar-refractivity contribution in [3.63, 3.8) is 0 Å². The molecule has 4 heteroatoms. The lowest BCUT2D eigenvalue weighted by molar-refractivity contribution is 0.250. The van der Waals surface area contributed by atoms with Gasteiger partial charge in [-0.25, -0.2) is 0 Å². The van der Waals surface area contributed by atoms with E-state index in [-0.39, 0.29) is 12.6 Å². The van der Waals surface area contributed by atoms with Crippen LogP contribution in [0.2, 0.25) is 0 Å². The standard InChI is InChI=1S/C10H19N3O/c1-3-6-13-10(4-5-12-13)7-11-9(2)8-14/h4-5,9,11,14H,3,6-8H2,1-2H3. The van der Waals surface area contributed by atoms with Crippen LogP contribution in [0.3, 0.4) is 0 Å². The minimum Gasteiger partial charge on any atom is -0.395 e. The van der Waals surface area contributed by atoms with E-state index in [2.05, 4.69) is 17.3 Å². The van der Waals surface area contributed by atoms with E-state index < -0.39 is 0 Å². The van der Waals surface area contributed by atoms with Gasteiger partial charge in [0.1, 0.15) is 0 Å². The number of hydrogen-bond acceptors (Lipinski definition) is 3. The maximum Gasteiger partial charge on any atom is 0.0582 e. The maximum atomic E-state index is 8.85. The fourth-order valence-electron chi connectivity index (χ4n) is 1.27. The second-order valence-electron chi connectivity index (χ2n) is 3.51. The molecule has 0 radical (unpaired) electrons. The van der Waals surface area contributed by atoms with Gasteiger partial charge in [0.15, 0.2) is 0 Å². The molecule has 0 amide bonds. The Balaban J connectivity index is 2.45. The molecule has 1 rings (SSSR count). The minimum absolute atomic E-state index is 0.139. The van der Waals surface area contributed by atoms with Crippen molar-refractivity contribution in [1.82, 2.24) is 15.1 Å². The van der Waals surface area contributed by atoms with E-state index in [1.807, 2.05) is 23.9 Å². The molecule has 1 aromatic heterocycles. The van der Waals surface area contributed by atoms with Crippen molar-refractivity contribution in [2.75, 3.05) is 6.61 Å². The van der Waals surface area contributed by atoms with E-state index in [1.54, 1.807) is 0 Å². The molecule has 4 nitrogen and oxygen atoms in total. The van der Waals surface area contributed by atoms with Crippen LogP contribution in [0, 0.1) is 0 Å². The molecule has 0 saturated carbocycles. The summed E-state index contributed by atoms with van der Waals surface area (Å²) in [5.74, 6) is 0. The van der Waals surface area contributed by atoms with Crippen molar-refractivity contribution in [3.8, 4) is 0 Å². The quantitative estimate of drug-likeness (QED) is 0.708. The van der Waals surface area contributed by atoms with Crippen LogP contribution in [0.25, 0.3) is 0 Å². The predicted molar refractivity (Wildman–Crippen MR) is 55.9 cm³/mol. The summed E-state index contributed by atoms with van der Waals surface area (Å²) in [7, 11) is 0. The van der Waals surface area contributed by atoms with Crippen LogP contribution in [0.5, 0.6) is 0 Å². The summed E-state index contributed by atoms with van der Waals surface area (Å²) in [5, 5.41) is 16.3. The van der Waals surface area contributed by atoms with Crippen LogP contribution >= 0.6 is 0 Å². The predicted octanol–water partition coefficient (Wildman–Crippen LogP) is 0.763. The zero-order valence-electron chi connectivity index (χ0n) is 8.90. The zero-order chi connectivity index (χ0) is 10.4. The second kappa shape index (κ2) is 5.78. The number of aryl methyl sites for hydroxylation is 1. The Hall–Kier alpha value is -0.870. The normalized spacial score (nSPS) is 13.1. The third-order valence-electron chi connectivity index (χ3n) is 2.15. The van der Waals surface area contributed by atoms with Crippen LogP contribution in [-0.4, -0.2) is 27.5 Å². The van der Waals surface area contributed by atoms with Crippen LogP contribution < -0.4 is 5.32 Å². The zero-order valence-corrected chi connectivity index (χ0v) is 8.90. The second-order valence-corrected chi connectivity index (χ2v) is 3.51. The number of nitrogens with zero attached hydrogens (tertiary/aromatic N) is 2. The molecule has 80 valence electrons. The van der Waals surface area contributed by atoms with Gasteiger partial charge in [-0.2, -0.15) is 5.10 Å². The minimum atomic E-state index is 0.139. The smallest absolute Gasteiger partial charge is 0.0582 e. The third-order valence-corrected chi connectivity index (χ3v) is 2.15. The van der Waals surface area contributed by atoms with Gasteiger partial charge >= 0.3 is 0 Å². The maximum absolute atomic E-state index is 8.85. The Bertz CT molecular complexity index is 260. The largest absolute Gasteiger partial charge is 0.395 e. The van der Waals surface area contributed by atoms with Crippen LogP contribution in [-0.2, 0) is 13.1 Å². The molecular formula is C10H19N3O. The van der Waals surface area contributed by atoms with Gasteiger partial charge in [-0.15, -0.1) is 0 Å². The fourth-order valence-corrected chi connectivity index (χ4v) is 1.27. The van der Waals surface area contributed by atoms with Crippen molar-refractivity contribution < 1.29 is 5.11 Å². The van der Waals surface area contributed by atoms with Gasteiger partial charge in [-0.05, 0) is 19.4 Å². The van der Waals surface area contributed by atoms with Gasteiger partial charge in [0, 0.05) is 25.3 Å². The SMILES string of the molecule is CCCn1nccc1CNC(C)CO. The van der Waals surface area contributed by atoms with E-state index in [0.29, 0.717) is 0 Å². The molecule has 0 aliphatic heterocycles. The summed E-state index contributed by atoms with van der Waals surface area (Å²) in [4.78, 5) is 0. The summed E-state index contributed by atoms with van der Waals surface area (Å²) >= 11 is 0. The van der Waals surface area contributed by atoms with E-state index in [1.165, 1.54) is 5.69 Å². The van der Waals surface area contributed by atoms with Crippen molar-refractivity contribution in [2.24, 2.45) is 0 Å². The summed E-state index contributed by atoms with van der Waals surface area (Å²) < 4.78 is 2.00. The summed E-state index contributed by atoms with van der Waals surface area (Å²) in [6, 6.07) is 2.15. The molecule has 0 aliphatic rings. The summed E-state index contributed by atoms with van der Waals surface area (Å²) in [6.45, 7) is 5.98. The first-order valence-corrected chi connectivity index (χ1v) is 5.12. The lowest BCUT2D eigenvalue weighted by atomic mass is 10.3. The number of aromatic nitrogens is 2. The number of nitrogens with one attached hydrogen (secondary N) is 1. The van der Waals surface area contributed by atoms with Crippen LogP contribution in [0.15, 0.2) is 12.3 Å². The van der Waals surface area contributed by atoms with Crippen molar-refractivity contribution in [2.45, 2.75) is 39.4 Å². The van der Waals surface area contributed by atoms with Crippen molar-refractivity contribution in [1.29, 1.82) is 0 Å². The van der Waals surface area contributed by atoms with Gasteiger partial charge in [-0.3, -0.25) is 4.68 Å². The van der Waals surface area contributed by atoms with E-state index in [9.17, 15) is 0 Å². The Morgan fingerprint density at radius 2 is 2.43 bits per heavy atom. The van der Waals surface area contributed by atoms with Crippen LogP contribution in [0.4, 0.5) is 0 Å². The van der Waals surface area contributed by atoms with E-state index in [0.717, 1.165) is 19.5 Å². The molecule has 14 heavy (non-hydrogen) atoms. The fraction of sp³-hybridized carbons (Fsp3) is 0.700. The Morgan fingerprint density at radius 1 is 1.64 bits per heavy atom. The Labute approximate surface area is 84.9 Å². The highest BCUT2D eigenvalue weighted by atomic mass is 16.3. The average Bonchev–Trinajstić information content (AvgIpc) is 2.62. The van der Waals surface area contributed by atoms with Gasteiger partial charge in [-0.1, -0.05) is 6.92 Å². The lowest BCUT2D eigenvalue weighted by Crippen LogP contribution is -2.29. The lowest BCUT2D eigenvalue weighted by Gasteiger charge is -2.11. The monoisotopic (exact) mass is 197 g/mol. The molecule has 0 aliphatic carbocycles. The first kappa shape index (κ1) is 11.2. The first-order chi connectivity index (χ1) is 6.77. The van der Waals surface area contributed by atoms with Crippen molar-refractivity contribution in [3.05, 3.63) is 18.0 Å². The molecule has 1 aromatic rings. The molecule has 1 unspecified atom stereocenters. The van der Waals surface area contributed by atoms with E-state index >= 15 is 0 Å². The van der Waals surface area contributed by atoms with Gasteiger partial charge in [0.2, 0.25) is 0 Å². The average molecular weight is 197 g/mol. The van der Waals surface area contributed by atoms with Crippen LogP contribution in [0.1, 0.15) is 26.0 Å². The number of hydrogen-bond donors (Lipinski definition) is 2. The van der Waals surface area contributed by atoms with Crippen molar-refractivity contribution >= 4 is 0 Å². The van der Waals surface area contributed by atoms with Gasteiger partial charge < -0.3 is 10.4 Å². The summed E-state index contributed by atoms with van der Waals surface area (Å²) in [6.07, 6.45) is 2.90. The van der Waals surface area contributed by atoms with Gasteiger partial charge in [0.25, 0.3) is 0 Å². The Morgan fingerprint density at radius 3 is 3.07 bits per heavy atom. The number of aliphatic hydroxyl groups is 1. The highest BCUT2D eigenvalue weighted by Crippen LogP contribution is 2.00. The highest BCUT2D eigenvalue weighted by Gasteiger charge is 2.03. The molecule has 1 atom stereocenters. The molecule has 0 fully saturated rings. The van der Waals surface area contributed by atoms with E-state index in [4.69, 9.17) is 5.11 Å². The highest BCUT2D eigenvalue weighted by molar-refractivity contribution is 5.00. The number of aliphatic hydroxyl groups excluding tert-OH is 1. The number of rotatable bonds is 6. The Kier molecular flexibility index (Phi) is 4.62. The molecular weight excluding hydrogens is 178 g/mol. The molecule has 0 bridgehead atoms. The molecule has 2 N–H and O–H groups in total. The molecule has 0 saturated heterocycles. The molecule has 0 aromatic carbocycles. The molecule has 1 heterocycles. The topological polar surface area (TPSA) is 50.1 Å². The van der Waals surface area contributed by atoms with Gasteiger partial charge in [0.05, 0.1) is 12.3 Å². The first-order valence-electron chi connectivity index (χ1n) is 5.12.